The van der Waals surface area contributed by atoms with Crippen LogP contribution in [0.4, 0.5) is 0 Å². The minimum absolute atomic E-state index is 0.0866. The third kappa shape index (κ3) is 38.1. The van der Waals surface area contributed by atoms with Crippen molar-refractivity contribution < 1.29 is 37.3 Å². The molecule has 49 heavy (non-hydrogen) atoms. The molecule has 290 valence electrons. The molecule has 0 aliphatic rings. The van der Waals surface area contributed by atoms with Gasteiger partial charge in [0.15, 0.2) is 0 Å². The van der Waals surface area contributed by atoms with Gasteiger partial charge in [-0.05, 0) is 57.8 Å². The number of unbranched alkanes of at least 4 members (excludes halogenated alkanes) is 19. The fraction of sp³-hybridized carbons (Fsp3) is 0.875. The van der Waals surface area contributed by atoms with Gasteiger partial charge in [0.25, 0.3) is 0 Å². The maximum atomic E-state index is 12.6. The number of likely N-dealkylation sites (N-methyl/N-ethyl adjacent to an activating group) is 1. The van der Waals surface area contributed by atoms with Crippen LogP contribution in [-0.2, 0) is 27.9 Å². The topological polar surface area (TPSA) is 91.3 Å². The molecule has 0 saturated carbocycles. The van der Waals surface area contributed by atoms with Crippen LogP contribution in [0.15, 0.2) is 24.3 Å². The maximum Gasteiger partial charge on any atom is 0.472 e. The van der Waals surface area contributed by atoms with E-state index in [9.17, 15) is 14.3 Å². The number of rotatable bonds is 37. The van der Waals surface area contributed by atoms with Crippen molar-refractivity contribution in [2.24, 2.45) is 0 Å². The van der Waals surface area contributed by atoms with Crippen molar-refractivity contribution in [1.82, 2.24) is 0 Å². The highest BCUT2D eigenvalue weighted by Gasteiger charge is 2.26. The van der Waals surface area contributed by atoms with E-state index in [2.05, 4.69) is 38.2 Å². The van der Waals surface area contributed by atoms with E-state index in [4.69, 9.17) is 18.5 Å². The molecule has 0 rings (SSSR count). The zero-order valence-electron chi connectivity index (χ0n) is 32.7. The summed E-state index contributed by atoms with van der Waals surface area (Å²) in [6, 6.07) is 0. The molecule has 0 aliphatic heterocycles. The van der Waals surface area contributed by atoms with E-state index in [-0.39, 0.29) is 25.8 Å². The zero-order chi connectivity index (χ0) is 36.3. The van der Waals surface area contributed by atoms with Gasteiger partial charge in [0.05, 0.1) is 34.4 Å². The van der Waals surface area contributed by atoms with Gasteiger partial charge in [0.2, 0.25) is 0 Å². The number of phosphoric ester groups is 1. The van der Waals surface area contributed by atoms with Crippen molar-refractivity contribution in [3.8, 4) is 0 Å². The molecule has 0 spiro atoms. The van der Waals surface area contributed by atoms with E-state index >= 15 is 0 Å². The number of ether oxygens (including phenoxy) is 2. The monoisotopic (exact) mass is 717 g/mol. The van der Waals surface area contributed by atoms with E-state index in [0.29, 0.717) is 24.1 Å². The van der Waals surface area contributed by atoms with Crippen molar-refractivity contribution in [1.29, 1.82) is 0 Å². The Hall–Kier alpha value is -1.02. The summed E-state index contributed by atoms with van der Waals surface area (Å²) in [7, 11) is 1.66. The molecule has 0 heterocycles. The second-order valence-electron chi connectivity index (χ2n) is 14.7. The molecule has 0 aromatic rings. The molecule has 2 unspecified atom stereocenters. The lowest BCUT2D eigenvalue weighted by atomic mass is 10.1. The van der Waals surface area contributed by atoms with E-state index in [1.165, 1.54) is 103 Å². The molecule has 0 bridgehead atoms. The quantitative estimate of drug-likeness (QED) is 0.0225. The van der Waals surface area contributed by atoms with Crippen molar-refractivity contribution in [2.45, 2.75) is 174 Å². The Balaban J connectivity index is 4.27. The lowest BCUT2D eigenvalue weighted by Crippen LogP contribution is -2.37. The third-order valence-electron chi connectivity index (χ3n) is 8.49. The summed E-state index contributed by atoms with van der Waals surface area (Å²) < 4.78 is 34.8. The van der Waals surface area contributed by atoms with Crippen LogP contribution in [-0.4, -0.2) is 75.6 Å². The molecular formula is C40H79NO7P+. The second-order valence-corrected chi connectivity index (χ2v) is 16.1. The number of quaternary nitrogens is 1. The Morgan fingerprint density at radius 3 is 1.61 bits per heavy atom. The van der Waals surface area contributed by atoms with E-state index in [1.807, 2.05) is 21.1 Å². The third-order valence-corrected chi connectivity index (χ3v) is 9.47. The normalized spacial score (nSPS) is 14.2. The summed E-state index contributed by atoms with van der Waals surface area (Å²) in [4.78, 5) is 22.8. The SMILES string of the molecule is CCCC/C=C\CCCCCCCC(=O)OC(COCCCCCCCC/C=C\CCCCCCCC)COP(=O)(O)OCC[N+](C)(C)C. The van der Waals surface area contributed by atoms with Gasteiger partial charge in [-0.15, -0.1) is 0 Å². The van der Waals surface area contributed by atoms with Gasteiger partial charge in [0, 0.05) is 13.0 Å². The van der Waals surface area contributed by atoms with Crippen LogP contribution < -0.4 is 0 Å². The highest BCUT2D eigenvalue weighted by Crippen LogP contribution is 2.43. The van der Waals surface area contributed by atoms with Gasteiger partial charge in [-0.2, -0.15) is 0 Å². The van der Waals surface area contributed by atoms with Crippen molar-refractivity contribution >= 4 is 13.8 Å². The van der Waals surface area contributed by atoms with Crippen LogP contribution in [0.2, 0.25) is 0 Å². The molecule has 0 aromatic heterocycles. The number of hydrogen-bond donors (Lipinski definition) is 1. The predicted molar refractivity (Wildman–Crippen MR) is 206 cm³/mol. The predicted octanol–water partition coefficient (Wildman–Crippen LogP) is 11.3. The largest absolute Gasteiger partial charge is 0.472 e. The summed E-state index contributed by atoms with van der Waals surface area (Å²) in [5, 5.41) is 0. The molecule has 0 saturated heterocycles. The van der Waals surface area contributed by atoms with Crippen molar-refractivity contribution in [3.63, 3.8) is 0 Å². The van der Waals surface area contributed by atoms with Crippen LogP contribution in [0.25, 0.3) is 0 Å². The Bertz CT molecular complexity index is 843. The van der Waals surface area contributed by atoms with Crippen LogP contribution in [0.5, 0.6) is 0 Å². The van der Waals surface area contributed by atoms with Crippen LogP contribution in [0.1, 0.15) is 168 Å². The van der Waals surface area contributed by atoms with Crippen LogP contribution in [0.3, 0.4) is 0 Å². The minimum atomic E-state index is -4.27. The molecule has 0 amide bonds. The number of phosphoric acid groups is 1. The number of carbonyl (C=O) groups excluding carboxylic acids is 1. The van der Waals surface area contributed by atoms with E-state index in [1.54, 1.807) is 0 Å². The molecule has 8 nitrogen and oxygen atoms in total. The second kappa shape index (κ2) is 34.1. The van der Waals surface area contributed by atoms with Crippen molar-refractivity contribution in [2.75, 3.05) is 54.1 Å². The van der Waals surface area contributed by atoms with Crippen LogP contribution >= 0.6 is 7.82 Å². The standard InChI is InChI=1S/C40H78NO7P/c1-6-8-10-12-14-16-18-19-20-21-22-24-26-28-30-32-35-45-37-39(38-47-49(43,44)46-36-34-41(3,4)5)48-40(42)33-31-29-27-25-23-17-15-13-11-9-7-2/h13,15,19-20,39H,6-12,14,16-18,21-38H2,1-5H3/p+1/b15-13-,20-19-. The van der Waals surface area contributed by atoms with Gasteiger partial charge >= 0.3 is 13.8 Å². The van der Waals surface area contributed by atoms with Crippen molar-refractivity contribution in [3.05, 3.63) is 24.3 Å². The summed E-state index contributed by atoms with van der Waals surface area (Å²) in [5.74, 6) is -0.327. The number of allylic oxidation sites excluding steroid dienone is 4. The zero-order valence-corrected chi connectivity index (χ0v) is 33.6. The fourth-order valence-corrected chi connectivity index (χ4v) is 6.03. The smallest absolute Gasteiger partial charge is 0.457 e. The number of carbonyl (C=O) groups is 1. The lowest BCUT2D eigenvalue weighted by molar-refractivity contribution is -0.870. The highest BCUT2D eigenvalue weighted by atomic mass is 31.2. The minimum Gasteiger partial charge on any atom is -0.457 e. The summed E-state index contributed by atoms with van der Waals surface area (Å²) in [5.41, 5.74) is 0. The Labute approximate surface area is 303 Å². The number of nitrogens with zero attached hydrogens (tertiary/aromatic N) is 1. The van der Waals surface area contributed by atoms with Gasteiger partial charge in [-0.3, -0.25) is 13.8 Å². The first-order chi connectivity index (χ1) is 23.6. The van der Waals surface area contributed by atoms with E-state index < -0.39 is 13.9 Å². The Morgan fingerprint density at radius 2 is 1.08 bits per heavy atom. The fourth-order valence-electron chi connectivity index (χ4n) is 5.29. The summed E-state index contributed by atoms with van der Waals surface area (Å²) >= 11 is 0. The first-order valence-electron chi connectivity index (χ1n) is 20.1. The molecule has 0 radical (unpaired) electrons. The highest BCUT2D eigenvalue weighted by molar-refractivity contribution is 7.47. The summed E-state index contributed by atoms with van der Waals surface area (Å²) in [6.45, 7) is 5.55. The first kappa shape index (κ1) is 48.0. The Kier molecular flexibility index (Phi) is 33.4. The van der Waals surface area contributed by atoms with Crippen LogP contribution in [0, 0.1) is 0 Å². The molecule has 9 heteroatoms. The molecule has 1 N–H and O–H groups in total. The number of esters is 1. The Morgan fingerprint density at radius 1 is 0.612 bits per heavy atom. The molecular weight excluding hydrogens is 637 g/mol. The van der Waals surface area contributed by atoms with E-state index in [0.717, 1.165) is 44.9 Å². The van der Waals surface area contributed by atoms with Gasteiger partial charge in [0.1, 0.15) is 19.3 Å². The average Bonchev–Trinajstić information content (AvgIpc) is 3.04. The molecule has 0 aromatic carbocycles. The first-order valence-corrected chi connectivity index (χ1v) is 21.6. The average molecular weight is 717 g/mol. The molecule has 0 fully saturated rings. The van der Waals surface area contributed by atoms with Gasteiger partial charge < -0.3 is 18.9 Å². The number of hydrogen-bond acceptors (Lipinski definition) is 6. The maximum absolute atomic E-state index is 12.6. The van der Waals surface area contributed by atoms with Gasteiger partial charge in [-0.25, -0.2) is 4.57 Å². The lowest BCUT2D eigenvalue weighted by Gasteiger charge is -2.24. The van der Waals surface area contributed by atoms with Gasteiger partial charge in [-0.1, -0.05) is 128 Å². The summed E-state index contributed by atoms with van der Waals surface area (Å²) in [6.07, 6.45) is 36.3. The molecule has 0 aliphatic carbocycles. The molecule has 2 atom stereocenters.